The minimum atomic E-state index is -4.56. The molecule has 3 aromatic rings. The van der Waals surface area contributed by atoms with Gasteiger partial charge in [0.15, 0.2) is 23.1 Å². The van der Waals surface area contributed by atoms with Crippen LogP contribution in [0.1, 0.15) is 16.7 Å². The van der Waals surface area contributed by atoms with E-state index in [9.17, 15) is 32.2 Å². The van der Waals surface area contributed by atoms with Crippen LogP contribution < -0.4 is 14.6 Å². The average molecular weight is 497 g/mol. The fourth-order valence-electron chi connectivity index (χ4n) is 3.00. The van der Waals surface area contributed by atoms with Gasteiger partial charge in [-0.1, -0.05) is 18.3 Å². The van der Waals surface area contributed by atoms with E-state index < -0.39 is 24.1 Å². The number of pyridine rings is 1. The lowest BCUT2D eigenvalue weighted by molar-refractivity contribution is -0.576. The summed E-state index contributed by atoms with van der Waals surface area (Å²) in [4.78, 5) is -0.134. The fourth-order valence-corrected chi connectivity index (χ4v) is 3.32. The summed E-state index contributed by atoms with van der Waals surface area (Å²) in [7, 11) is 0. The van der Waals surface area contributed by atoms with Crippen LogP contribution in [0, 0.1) is 0 Å². The summed E-state index contributed by atoms with van der Waals surface area (Å²) in [6, 6.07) is 12.6. The zero-order chi connectivity index (χ0) is 24.9. The Kier molecular flexibility index (Phi) is 7.79. The van der Waals surface area contributed by atoms with Crippen LogP contribution in [0.4, 0.5) is 27.6 Å². The van der Waals surface area contributed by atoms with Crippen molar-refractivity contribution < 1.29 is 41.5 Å². The Morgan fingerprint density at radius 3 is 2.38 bits per heavy atom. The summed E-state index contributed by atoms with van der Waals surface area (Å²) in [5.41, 5.74) is -0.239. The molecule has 34 heavy (non-hydrogen) atoms. The van der Waals surface area contributed by atoms with Crippen molar-refractivity contribution in [2.45, 2.75) is 19.4 Å². The zero-order valence-electron chi connectivity index (χ0n) is 17.3. The lowest BCUT2D eigenvalue weighted by Crippen LogP contribution is -2.39. The van der Waals surface area contributed by atoms with Crippen LogP contribution in [0.15, 0.2) is 73.1 Å². The third-order valence-electron chi connectivity index (χ3n) is 4.54. The first-order valence-corrected chi connectivity index (χ1v) is 10.1. The number of hydrogen-bond donors (Lipinski definition) is 3. The number of anilines is 1. The Morgan fingerprint density at radius 2 is 1.76 bits per heavy atom. The van der Waals surface area contributed by atoms with Gasteiger partial charge in [0.1, 0.15) is 5.75 Å². The van der Waals surface area contributed by atoms with Crippen molar-refractivity contribution in [3.63, 3.8) is 0 Å². The van der Waals surface area contributed by atoms with Gasteiger partial charge in [-0.05, 0) is 48.5 Å². The molecule has 3 N–H and O–H groups in total. The highest BCUT2D eigenvalue weighted by Crippen LogP contribution is 2.31. The topological polar surface area (TPSA) is 65.6 Å². The molecule has 0 unspecified atom stereocenters. The molecule has 0 aliphatic rings. The van der Waals surface area contributed by atoms with E-state index in [1.165, 1.54) is 53.4 Å². The number of halogens is 5. The highest BCUT2D eigenvalue weighted by molar-refractivity contribution is 7.81. The molecule has 0 bridgehead atoms. The third kappa shape index (κ3) is 6.27. The Hall–Kier alpha value is -3.57. The van der Waals surface area contributed by atoms with Crippen molar-refractivity contribution >= 4 is 34.3 Å². The van der Waals surface area contributed by atoms with Gasteiger partial charge >= 0.3 is 12.8 Å². The second-order valence-electron chi connectivity index (χ2n) is 6.91. The summed E-state index contributed by atoms with van der Waals surface area (Å²) in [6.45, 7) is -3.34. The van der Waals surface area contributed by atoms with Crippen molar-refractivity contribution in [2.75, 3.05) is 5.32 Å². The molecule has 2 aromatic carbocycles. The zero-order valence-corrected chi connectivity index (χ0v) is 18.1. The van der Waals surface area contributed by atoms with E-state index in [1.807, 2.05) is 0 Å². The number of thiocarbonyl (C=S) groups is 1. The number of nitrogens with one attached hydrogen (secondary N) is 1. The molecule has 0 radical (unpaired) electrons. The Labute approximate surface area is 196 Å². The minimum Gasteiger partial charge on any atom is -0.502 e. The van der Waals surface area contributed by atoms with Crippen LogP contribution in [0.5, 0.6) is 5.75 Å². The van der Waals surface area contributed by atoms with Crippen molar-refractivity contribution in [3.8, 4) is 5.75 Å². The molecular weight excluding hydrogens is 479 g/mol. The monoisotopic (exact) mass is 497 g/mol. The van der Waals surface area contributed by atoms with E-state index in [0.29, 0.717) is 5.56 Å². The molecule has 5 nitrogen and oxygen atoms in total. The van der Waals surface area contributed by atoms with Crippen LogP contribution >= 0.6 is 12.2 Å². The number of benzene rings is 2. The molecule has 1 heterocycles. The Balaban J connectivity index is 2.04. The summed E-state index contributed by atoms with van der Waals surface area (Å²) in [5.74, 6) is -0.527. The molecule has 0 saturated heterocycles. The molecule has 0 fully saturated rings. The molecule has 3 rings (SSSR count). The molecular formula is C23H18F5N2O3S+. The highest BCUT2D eigenvalue weighted by Gasteiger charge is 2.31. The number of aliphatic hydroxyl groups excluding tert-OH is 2. The van der Waals surface area contributed by atoms with E-state index in [4.69, 9.17) is 12.2 Å². The molecule has 0 aliphatic heterocycles. The molecule has 0 atom stereocenters. The normalized spacial score (nSPS) is 12.3. The summed E-state index contributed by atoms with van der Waals surface area (Å²) < 4.78 is 69.7. The lowest BCUT2D eigenvalue weighted by atomic mass is 10.1. The van der Waals surface area contributed by atoms with Crippen LogP contribution in [-0.4, -0.2) is 21.8 Å². The van der Waals surface area contributed by atoms with Gasteiger partial charge in [0, 0.05) is 22.9 Å². The van der Waals surface area contributed by atoms with Crippen LogP contribution in [-0.2, 0) is 12.8 Å². The smallest absolute Gasteiger partial charge is 0.416 e. The van der Waals surface area contributed by atoms with Gasteiger partial charge in [0.05, 0.1) is 12.2 Å². The van der Waals surface area contributed by atoms with Crippen molar-refractivity contribution in [1.82, 2.24) is 0 Å². The largest absolute Gasteiger partial charge is 0.502 e. The Morgan fingerprint density at radius 1 is 1.06 bits per heavy atom. The van der Waals surface area contributed by atoms with Gasteiger partial charge in [-0.25, -0.2) is 0 Å². The number of alkyl halides is 5. The maximum Gasteiger partial charge on any atom is 0.416 e. The third-order valence-corrected chi connectivity index (χ3v) is 4.84. The predicted molar refractivity (Wildman–Crippen MR) is 119 cm³/mol. The fraction of sp³-hybridized carbons (Fsp3) is 0.130. The molecule has 1 aromatic heterocycles. The average Bonchev–Trinajstić information content (AvgIpc) is 2.79. The summed E-state index contributed by atoms with van der Waals surface area (Å²) >= 11 is 5.40. The van der Waals surface area contributed by atoms with Gasteiger partial charge in [0.2, 0.25) is 0 Å². The maximum atomic E-state index is 13.1. The van der Waals surface area contributed by atoms with E-state index >= 15 is 0 Å². The number of rotatable bonds is 7. The van der Waals surface area contributed by atoms with Crippen LogP contribution in [0.25, 0.3) is 11.5 Å². The number of aliphatic hydroxyl groups is 2. The van der Waals surface area contributed by atoms with Gasteiger partial charge in [0.25, 0.3) is 5.70 Å². The van der Waals surface area contributed by atoms with Gasteiger partial charge < -0.3 is 20.3 Å². The van der Waals surface area contributed by atoms with Crippen molar-refractivity contribution in [1.29, 1.82) is 0 Å². The Bertz CT molecular complexity index is 1200. The van der Waals surface area contributed by atoms with Crippen molar-refractivity contribution in [2.24, 2.45) is 0 Å². The number of nitrogens with zero attached hydrogens (tertiary/aromatic N) is 1. The van der Waals surface area contributed by atoms with E-state index in [2.05, 4.69) is 10.1 Å². The maximum absolute atomic E-state index is 13.1. The second kappa shape index (κ2) is 10.6. The molecule has 11 heteroatoms. The summed E-state index contributed by atoms with van der Waals surface area (Å²) in [6.07, 6.45) is -1.58. The van der Waals surface area contributed by atoms with E-state index in [1.54, 1.807) is 12.1 Å². The molecule has 178 valence electrons. The van der Waals surface area contributed by atoms with Gasteiger partial charge in [-0.3, -0.25) is 0 Å². The van der Waals surface area contributed by atoms with E-state index in [-0.39, 0.29) is 34.3 Å². The van der Waals surface area contributed by atoms with Crippen LogP contribution in [0.3, 0.4) is 0 Å². The minimum absolute atomic E-state index is 0.0229. The number of aromatic nitrogens is 1. The first-order chi connectivity index (χ1) is 16.1. The first kappa shape index (κ1) is 25.1. The standard InChI is InChI=1S/C23H17F5N2O3S/c24-22(25)33-18-8-6-15(7-9-18)20(32)19(30-10-2-3-14(12-30)13-31)21(34)29-17-5-1-4-16(11-17)23(26,27)28/h1-12,22,31H,13H2,(H-,29,32,34)/p+1. The SMILES string of the molecule is OCc1ccc[n+](/C(C(=S)Nc2cccc(C(F)(F)F)c2)=C(/O)c2ccc(OC(F)F)cc2)c1. The predicted octanol–water partition coefficient (Wildman–Crippen LogP) is 5.41. The van der Waals surface area contributed by atoms with Gasteiger partial charge in [-0.15, -0.1) is 0 Å². The molecule has 0 aliphatic carbocycles. The highest BCUT2D eigenvalue weighted by atomic mass is 32.1. The first-order valence-electron chi connectivity index (χ1n) is 9.67. The quantitative estimate of drug-likeness (QED) is 0.134. The van der Waals surface area contributed by atoms with Gasteiger partial charge in [-0.2, -0.15) is 26.5 Å². The van der Waals surface area contributed by atoms with Crippen LogP contribution in [0.2, 0.25) is 0 Å². The molecule has 0 saturated carbocycles. The lowest BCUT2D eigenvalue weighted by Gasteiger charge is -2.13. The molecule has 0 amide bonds. The summed E-state index contributed by atoms with van der Waals surface area (Å²) in [5, 5.41) is 23.1. The van der Waals surface area contributed by atoms with E-state index in [0.717, 1.165) is 12.1 Å². The van der Waals surface area contributed by atoms with Crippen molar-refractivity contribution in [3.05, 3.63) is 89.7 Å². The number of ether oxygens (including phenoxy) is 1. The number of hydrogen-bond acceptors (Lipinski definition) is 4. The second-order valence-corrected chi connectivity index (χ2v) is 7.32. The molecule has 0 spiro atoms.